The second-order valence-electron chi connectivity index (χ2n) is 18.7. The summed E-state index contributed by atoms with van der Waals surface area (Å²) >= 11 is 0. The molecule has 6 aromatic heterocycles. The molecule has 6 rings (SSSR count). The first-order valence-corrected chi connectivity index (χ1v) is 19.4. The first-order valence-electron chi connectivity index (χ1n) is 19.4. The van der Waals surface area contributed by atoms with Gasteiger partial charge < -0.3 is 21.3 Å². The zero-order chi connectivity index (χ0) is 43.9. The van der Waals surface area contributed by atoms with Crippen molar-refractivity contribution in [1.82, 2.24) is 50.8 Å². The molecule has 0 aliphatic heterocycles. The monoisotopic (exact) mass is 816 g/mol. The predicted octanol–water partition coefficient (Wildman–Crippen LogP) is 7.24. The first-order chi connectivity index (χ1) is 27.8. The van der Waals surface area contributed by atoms with Gasteiger partial charge in [0.25, 0.3) is 23.6 Å². The molecule has 0 aliphatic carbocycles. The van der Waals surface area contributed by atoms with Crippen LogP contribution in [-0.4, -0.2) is 74.4 Å². The molecule has 18 nitrogen and oxygen atoms in total. The summed E-state index contributed by atoms with van der Waals surface area (Å²) in [6.07, 6.45) is 0. The Hall–Kier alpha value is -6.98. The van der Waals surface area contributed by atoms with Gasteiger partial charge in [0.1, 0.15) is 22.8 Å². The smallest absolute Gasteiger partial charge is 0.275 e. The Morgan fingerprint density at radius 3 is 0.733 bits per heavy atom. The van der Waals surface area contributed by atoms with E-state index in [1.807, 2.05) is 83.1 Å². The van der Waals surface area contributed by atoms with Gasteiger partial charge in [0.15, 0.2) is 23.3 Å². The number of anilines is 4. The third-order valence-electron chi connectivity index (χ3n) is 9.42. The van der Waals surface area contributed by atoms with Crippen molar-refractivity contribution in [2.24, 2.45) is 0 Å². The molecule has 314 valence electrons. The number of aromatic amines is 4. The lowest BCUT2D eigenvalue weighted by Crippen LogP contribution is -2.20. The van der Waals surface area contributed by atoms with Crippen molar-refractivity contribution in [3.63, 3.8) is 0 Å². The van der Waals surface area contributed by atoms with Crippen molar-refractivity contribution < 1.29 is 19.2 Å². The van der Waals surface area contributed by atoms with E-state index in [0.717, 1.165) is 22.8 Å². The quantitative estimate of drug-likeness (QED) is 0.0726. The number of rotatable bonds is 9. The second-order valence-corrected chi connectivity index (χ2v) is 18.7. The molecule has 0 fully saturated rings. The molecule has 6 heterocycles. The van der Waals surface area contributed by atoms with Crippen LogP contribution in [0, 0.1) is 0 Å². The number of pyridine rings is 2. The molecule has 0 bridgehead atoms. The summed E-state index contributed by atoms with van der Waals surface area (Å²) in [7, 11) is 0. The molecule has 0 unspecified atom stereocenters. The lowest BCUT2D eigenvalue weighted by atomic mass is 9.92. The Bertz CT molecular complexity index is 2240. The molecule has 0 saturated carbocycles. The van der Waals surface area contributed by atoms with Crippen molar-refractivity contribution in [3.05, 3.63) is 94.1 Å². The molecule has 0 spiro atoms. The van der Waals surface area contributed by atoms with Gasteiger partial charge in [-0.15, -0.1) is 0 Å². The summed E-state index contributed by atoms with van der Waals surface area (Å²) in [6, 6.07) is 12.6. The molecule has 6 aromatic rings. The van der Waals surface area contributed by atoms with E-state index < -0.39 is 23.6 Å². The van der Waals surface area contributed by atoms with E-state index >= 15 is 0 Å². The zero-order valence-electron chi connectivity index (χ0n) is 35.9. The van der Waals surface area contributed by atoms with Gasteiger partial charge in [-0.05, 0) is 35.4 Å². The van der Waals surface area contributed by atoms with Crippen molar-refractivity contribution in [2.45, 2.75) is 105 Å². The fourth-order valence-electron chi connectivity index (χ4n) is 5.66. The SMILES string of the molecule is CC(C)(C)c1cc(NC(=O)c2cc(-c3cc(C(=O)Nc4cc(C(C)(C)C)[nH]n4)nc(C(=O)Nc4cc(C(C)(C)C)[nH]n4)c3)cc(C(=O)Nc3cc(C(C)(C)C)[nH]n3)n2)n[nH]1. The minimum atomic E-state index is -0.668. The Balaban J connectivity index is 1.43. The summed E-state index contributed by atoms with van der Waals surface area (Å²) < 4.78 is 0. The number of aromatic nitrogens is 10. The molecule has 18 heteroatoms. The van der Waals surface area contributed by atoms with Crippen molar-refractivity contribution in [3.8, 4) is 11.1 Å². The largest absolute Gasteiger partial charge is 0.304 e. The number of carbonyl (C=O) groups excluding carboxylic acids is 4. The maximum atomic E-state index is 13.9. The minimum Gasteiger partial charge on any atom is -0.304 e. The van der Waals surface area contributed by atoms with Crippen LogP contribution in [0.2, 0.25) is 0 Å². The lowest BCUT2D eigenvalue weighted by molar-refractivity contribution is 0.0998. The van der Waals surface area contributed by atoms with E-state index in [2.05, 4.69) is 72.0 Å². The van der Waals surface area contributed by atoms with E-state index in [-0.39, 0.29) is 78.8 Å². The van der Waals surface area contributed by atoms with Crippen LogP contribution >= 0.6 is 0 Å². The topological polar surface area (TPSA) is 257 Å². The zero-order valence-corrected chi connectivity index (χ0v) is 35.9. The summed E-state index contributed by atoms with van der Waals surface area (Å²) in [5.74, 6) is -1.68. The highest BCUT2D eigenvalue weighted by atomic mass is 16.2. The molecule has 0 radical (unpaired) electrons. The van der Waals surface area contributed by atoms with Crippen molar-refractivity contribution >= 4 is 46.9 Å². The molecule has 8 N–H and O–H groups in total. The fourth-order valence-corrected chi connectivity index (χ4v) is 5.66. The Kier molecular flexibility index (Phi) is 11.1. The third kappa shape index (κ3) is 9.99. The van der Waals surface area contributed by atoms with E-state index in [0.29, 0.717) is 0 Å². The van der Waals surface area contributed by atoms with Gasteiger partial charge in [-0.2, -0.15) is 20.4 Å². The number of carbonyl (C=O) groups is 4. The highest BCUT2D eigenvalue weighted by Crippen LogP contribution is 2.28. The van der Waals surface area contributed by atoms with Gasteiger partial charge in [0.2, 0.25) is 0 Å². The van der Waals surface area contributed by atoms with Gasteiger partial charge in [-0.3, -0.25) is 39.6 Å². The summed E-state index contributed by atoms with van der Waals surface area (Å²) in [6.45, 7) is 24.0. The van der Waals surface area contributed by atoms with Crippen LogP contribution in [-0.2, 0) is 21.7 Å². The second kappa shape index (κ2) is 15.6. The van der Waals surface area contributed by atoms with Crippen molar-refractivity contribution in [2.75, 3.05) is 21.3 Å². The van der Waals surface area contributed by atoms with E-state index in [9.17, 15) is 19.2 Å². The minimum absolute atomic E-state index is 0.151. The molecule has 0 aromatic carbocycles. The van der Waals surface area contributed by atoms with Crippen LogP contribution in [0.4, 0.5) is 23.3 Å². The average molecular weight is 817 g/mol. The maximum Gasteiger partial charge on any atom is 0.275 e. The summed E-state index contributed by atoms with van der Waals surface area (Å²) in [5.41, 5.74) is 2.00. The summed E-state index contributed by atoms with van der Waals surface area (Å²) in [4.78, 5) is 64.3. The number of hydrogen-bond acceptors (Lipinski definition) is 10. The molecular weight excluding hydrogens is 765 g/mol. The standard InChI is InChI=1S/C42H52N14O4/c1-39(2,3)27-17-31(53-49-27)45-35(57)23-13-21(14-24(43-23)36(58)46-32-18-28(50-54-32)40(4,5)6)22-15-25(37(59)47-33-19-29(51-55-33)41(7,8)9)44-26(16-22)38(60)48-34-20-30(52-56-34)42(10,11)12/h13-20H,1-12H3,(H2,45,49,53,57)(H2,46,50,54,58)(H2,47,51,55,59)(H2,48,52,56,60). The van der Waals surface area contributed by atoms with Crippen molar-refractivity contribution in [1.29, 1.82) is 0 Å². The Labute approximate surface area is 347 Å². The van der Waals surface area contributed by atoms with Crippen LogP contribution < -0.4 is 21.3 Å². The molecule has 60 heavy (non-hydrogen) atoms. The van der Waals surface area contributed by atoms with E-state index in [1.165, 1.54) is 24.3 Å². The molecule has 4 amide bonds. The third-order valence-corrected chi connectivity index (χ3v) is 9.42. The average Bonchev–Trinajstić information content (AvgIpc) is 3.98. The molecular formula is C42H52N14O4. The predicted molar refractivity (Wildman–Crippen MR) is 228 cm³/mol. The number of amides is 4. The molecule has 0 saturated heterocycles. The number of nitrogens with one attached hydrogen (secondary N) is 8. The van der Waals surface area contributed by atoms with Crippen LogP contribution in [0.5, 0.6) is 0 Å². The highest BCUT2D eigenvalue weighted by Gasteiger charge is 2.25. The van der Waals surface area contributed by atoms with E-state index in [1.54, 1.807) is 24.3 Å². The van der Waals surface area contributed by atoms with Crippen LogP contribution in [0.1, 0.15) is 148 Å². The van der Waals surface area contributed by atoms with E-state index in [4.69, 9.17) is 0 Å². The highest BCUT2D eigenvalue weighted by molar-refractivity contribution is 6.09. The number of nitrogens with zero attached hydrogens (tertiary/aromatic N) is 6. The molecule has 0 atom stereocenters. The van der Waals surface area contributed by atoms with Crippen LogP contribution in [0.3, 0.4) is 0 Å². The lowest BCUT2D eigenvalue weighted by Gasteiger charge is -2.14. The number of H-pyrrole nitrogens is 4. The van der Waals surface area contributed by atoms with Gasteiger partial charge in [-0.25, -0.2) is 9.97 Å². The van der Waals surface area contributed by atoms with Crippen LogP contribution in [0.15, 0.2) is 48.5 Å². The Morgan fingerprint density at radius 1 is 0.367 bits per heavy atom. The fraction of sp³-hybridized carbons (Fsp3) is 0.381. The summed E-state index contributed by atoms with van der Waals surface area (Å²) in [5, 5.41) is 39.7. The normalized spacial score (nSPS) is 12.3. The van der Waals surface area contributed by atoms with Gasteiger partial charge in [-0.1, -0.05) is 83.1 Å². The maximum absolute atomic E-state index is 13.9. The van der Waals surface area contributed by atoms with Crippen LogP contribution in [0.25, 0.3) is 11.1 Å². The Morgan fingerprint density at radius 2 is 0.567 bits per heavy atom. The first kappa shape index (κ1) is 42.6. The van der Waals surface area contributed by atoms with Gasteiger partial charge in [0.05, 0.1) is 0 Å². The number of hydrogen-bond donors (Lipinski definition) is 8. The van der Waals surface area contributed by atoms with Gasteiger partial charge >= 0.3 is 0 Å². The van der Waals surface area contributed by atoms with Gasteiger partial charge in [0, 0.05) is 68.7 Å². The molecule has 0 aliphatic rings.